The summed E-state index contributed by atoms with van der Waals surface area (Å²) in [7, 11) is -3.70. The van der Waals surface area contributed by atoms with Gasteiger partial charge in [0, 0.05) is 0 Å². The van der Waals surface area contributed by atoms with Crippen LogP contribution in [0.25, 0.3) is 0 Å². The molecule has 0 N–H and O–H groups in total. The molecule has 2 rings (SSSR count). The van der Waals surface area contributed by atoms with Gasteiger partial charge in [0.05, 0.1) is 4.90 Å². The maximum absolute atomic E-state index is 12.0. The SMILES string of the molecule is CC#CC1(OS(=O)(=O)c2ccc(C)cc2)CC1. The van der Waals surface area contributed by atoms with E-state index in [0.717, 1.165) is 5.56 Å². The number of aryl methyl sites for hydroxylation is 1. The van der Waals surface area contributed by atoms with Gasteiger partial charge in [0.2, 0.25) is 0 Å². The molecule has 1 aromatic carbocycles. The summed E-state index contributed by atoms with van der Waals surface area (Å²) in [5.74, 6) is 5.53. The second-order valence-corrected chi connectivity index (χ2v) is 5.77. The Balaban J connectivity index is 2.25. The molecule has 0 heterocycles. The summed E-state index contributed by atoms with van der Waals surface area (Å²) in [4.78, 5) is 0.187. The van der Waals surface area contributed by atoms with Crippen molar-refractivity contribution in [2.75, 3.05) is 0 Å². The van der Waals surface area contributed by atoms with Crippen LogP contribution in [-0.2, 0) is 14.3 Å². The lowest BCUT2D eigenvalue weighted by atomic mass is 10.2. The Kier molecular flexibility index (Phi) is 2.98. The molecule has 0 aliphatic heterocycles. The zero-order chi connectivity index (χ0) is 12.5. The van der Waals surface area contributed by atoms with Gasteiger partial charge < -0.3 is 0 Å². The van der Waals surface area contributed by atoms with Crippen LogP contribution in [0.4, 0.5) is 0 Å². The normalized spacial score (nSPS) is 17.1. The van der Waals surface area contributed by atoms with Crippen LogP contribution < -0.4 is 0 Å². The molecule has 0 radical (unpaired) electrons. The monoisotopic (exact) mass is 250 g/mol. The smallest absolute Gasteiger partial charge is 0.247 e. The van der Waals surface area contributed by atoms with Crippen molar-refractivity contribution >= 4 is 10.1 Å². The lowest BCUT2D eigenvalue weighted by molar-refractivity contribution is 0.246. The first-order valence-corrected chi connectivity index (χ1v) is 6.84. The third kappa shape index (κ3) is 2.68. The molecule has 0 atom stereocenters. The highest BCUT2D eigenvalue weighted by atomic mass is 32.2. The minimum absolute atomic E-state index is 0.187. The maximum atomic E-state index is 12.0. The molecular weight excluding hydrogens is 236 g/mol. The molecule has 1 aliphatic rings. The number of hydrogen-bond acceptors (Lipinski definition) is 3. The van der Waals surface area contributed by atoms with Gasteiger partial charge in [-0.15, -0.1) is 5.92 Å². The maximum Gasteiger partial charge on any atom is 0.298 e. The second-order valence-electron chi connectivity index (χ2n) is 4.22. The minimum atomic E-state index is -3.70. The van der Waals surface area contributed by atoms with Crippen molar-refractivity contribution < 1.29 is 12.6 Å². The molecule has 0 spiro atoms. The van der Waals surface area contributed by atoms with Crippen LogP contribution in [0.2, 0.25) is 0 Å². The predicted molar refractivity (Wildman–Crippen MR) is 64.9 cm³/mol. The van der Waals surface area contributed by atoms with Gasteiger partial charge >= 0.3 is 0 Å². The van der Waals surface area contributed by atoms with E-state index in [9.17, 15) is 8.42 Å². The second kappa shape index (κ2) is 4.17. The molecule has 0 aromatic heterocycles. The van der Waals surface area contributed by atoms with Crippen LogP contribution in [-0.4, -0.2) is 14.0 Å². The van der Waals surface area contributed by atoms with Crippen molar-refractivity contribution in [3.63, 3.8) is 0 Å². The first kappa shape index (κ1) is 12.2. The van der Waals surface area contributed by atoms with Crippen molar-refractivity contribution in [2.45, 2.75) is 37.2 Å². The first-order valence-electron chi connectivity index (χ1n) is 5.44. The average Bonchev–Trinajstić information content (AvgIpc) is 2.98. The minimum Gasteiger partial charge on any atom is -0.247 e. The van der Waals surface area contributed by atoms with Crippen LogP contribution >= 0.6 is 0 Å². The lowest BCUT2D eigenvalue weighted by Gasteiger charge is -2.10. The van der Waals surface area contributed by atoms with Gasteiger partial charge in [-0.1, -0.05) is 23.6 Å². The lowest BCUT2D eigenvalue weighted by Crippen LogP contribution is -2.18. The van der Waals surface area contributed by atoms with E-state index < -0.39 is 15.7 Å². The summed E-state index contributed by atoms with van der Waals surface area (Å²) in [6.45, 7) is 3.59. The standard InChI is InChI=1S/C13H14O3S/c1-3-8-13(9-10-13)16-17(14,15)12-6-4-11(2)5-7-12/h4-7H,9-10H2,1-2H3. The predicted octanol–water partition coefficient (Wildman–Crippen LogP) is 2.26. The highest BCUT2D eigenvalue weighted by Crippen LogP contribution is 2.41. The Morgan fingerprint density at radius 2 is 1.82 bits per heavy atom. The summed E-state index contributed by atoms with van der Waals surface area (Å²) >= 11 is 0. The van der Waals surface area contributed by atoms with Gasteiger partial charge in [0.15, 0.2) is 0 Å². The molecule has 0 amide bonds. The third-order valence-corrected chi connectivity index (χ3v) is 4.02. The van der Waals surface area contributed by atoms with Crippen molar-refractivity contribution in [3.8, 4) is 11.8 Å². The highest BCUT2D eigenvalue weighted by molar-refractivity contribution is 7.86. The summed E-state index contributed by atoms with van der Waals surface area (Å²) in [5.41, 5.74) is 0.247. The van der Waals surface area contributed by atoms with Crippen LogP contribution in [0.1, 0.15) is 25.3 Å². The first-order chi connectivity index (χ1) is 7.97. The molecule has 1 aliphatic carbocycles. The zero-order valence-electron chi connectivity index (χ0n) is 9.86. The molecule has 17 heavy (non-hydrogen) atoms. The Morgan fingerprint density at radius 1 is 1.24 bits per heavy atom. The van der Waals surface area contributed by atoms with E-state index in [4.69, 9.17) is 4.18 Å². The largest absolute Gasteiger partial charge is 0.298 e. The molecule has 3 nitrogen and oxygen atoms in total. The van der Waals surface area contributed by atoms with Gasteiger partial charge in [0.25, 0.3) is 10.1 Å². The van der Waals surface area contributed by atoms with Crippen molar-refractivity contribution in [3.05, 3.63) is 29.8 Å². The molecule has 1 fully saturated rings. The molecule has 4 heteroatoms. The van der Waals surface area contributed by atoms with E-state index in [2.05, 4.69) is 11.8 Å². The quantitative estimate of drug-likeness (QED) is 0.610. The van der Waals surface area contributed by atoms with Crippen LogP contribution in [0.15, 0.2) is 29.2 Å². The molecule has 1 saturated carbocycles. The van der Waals surface area contributed by atoms with Crippen molar-refractivity contribution in [1.29, 1.82) is 0 Å². The summed E-state index contributed by atoms with van der Waals surface area (Å²) in [6.07, 6.45) is 1.36. The Labute approximate surface area is 102 Å². The Hall–Kier alpha value is -1.31. The van der Waals surface area contributed by atoms with E-state index in [-0.39, 0.29) is 4.90 Å². The third-order valence-electron chi connectivity index (χ3n) is 2.64. The van der Waals surface area contributed by atoms with E-state index >= 15 is 0 Å². The van der Waals surface area contributed by atoms with Gasteiger partial charge in [-0.2, -0.15) is 8.42 Å². The molecular formula is C13H14O3S. The van der Waals surface area contributed by atoms with Gasteiger partial charge in [-0.05, 0) is 38.8 Å². The molecule has 90 valence electrons. The molecule has 0 saturated heterocycles. The van der Waals surface area contributed by atoms with Gasteiger partial charge in [-0.25, -0.2) is 4.18 Å². The summed E-state index contributed by atoms with van der Waals surface area (Å²) < 4.78 is 29.2. The Bertz CT molecular complexity index is 569. The van der Waals surface area contributed by atoms with Gasteiger partial charge in [0.1, 0.15) is 5.60 Å². The topological polar surface area (TPSA) is 43.4 Å². The van der Waals surface area contributed by atoms with E-state index in [0.29, 0.717) is 12.8 Å². The van der Waals surface area contributed by atoms with Crippen LogP contribution in [0.3, 0.4) is 0 Å². The van der Waals surface area contributed by atoms with Gasteiger partial charge in [-0.3, -0.25) is 0 Å². The van der Waals surface area contributed by atoms with E-state index in [1.807, 2.05) is 6.92 Å². The van der Waals surface area contributed by atoms with E-state index in [1.165, 1.54) is 0 Å². The molecule has 0 bridgehead atoms. The molecule has 0 unspecified atom stereocenters. The fourth-order valence-corrected chi connectivity index (χ4v) is 2.73. The summed E-state index contributed by atoms with van der Waals surface area (Å²) in [5, 5.41) is 0. The van der Waals surface area contributed by atoms with Crippen LogP contribution in [0.5, 0.6) is 0 Å². The van der Waals surface area contributed by atoms with E-state index in [1.54, 1.807) is 31.2 Å². The summed E-state index contributed by atoms with van der Waals surface area (Å²) in [6, 6.07) is 6.61. The van der Waals surface area contributed by atoms with Crippen molar-refractivity contribution in [2.24, 2.45) is 0 Å². The average molecular weight is 250 g/mol. The fourth-order valence-electron chi connectivity index (χ4n) is 1.53. The number of rotatable bonds is 3. The number of hydrogen-bond donors (Lipinski definition) is 0. The van der Waals surface area contributed by atoms with Crippen molar-refractivity contribution in [1.82, 2.24) is 0 Å². The molecule has 1 aromatic rings. The highest BCUT2D eigenvalue weighted by Gasteiger charge is 2.47. The zero-order valence-corrected chi connectivity index (χ0v) is 10.7. The van der Waals surface area contributed by atoms with Crippen LogP contribution in [0, 0.1) is 18.8 Å². The number of benzene rings is 1. The Morgan fingerprint density at radius 3 is 2.29 bits per heavy atom. The fraction of sp³-hybridized carbons (Fsp3) is 0.385.